The molecular weight excluding hydrogens is 280 g/mol. The van der Waals surface area contributed by atoms with Crippen LogP contribution in [0, 0.1) is 0 Å². The van der Waals surface area contributed by atoms with Crippen LogP contribution in [0.2, 0.25) is 5.02 Å². The molecule has 1 N–H and O–H groups in total. The lowest BCUT2D eigenvalue weighted by Gasteiger charge is -2.44. The van der Waals surface area contributed by atoms with Gasteiger partial charge >= 0.3 is 5.97 Å². The van der Waals surface area contributed by atoms with Crippen molar-refractivity contribution in [2.75, 3.05) is 20.2 Å². The smallest absolute Gasteiger partial charge is 0.328 e. The molecule has 1 saturated heterocycles. The summed E-state index contributed by atoms with van der Waals surface area (Å²) in [6.07, 6.45) is 0.449. The number of ether oxygens (including phenoxy) is 1. The summed E-state index contributed by atoms with van der Waals surface area (Å²) in [6, 6.07) is 4.86. The molecule has 0 saturated carbocycles. The Kier molecular flexibility index (Phi) is 3.40. The minimum Gasteiger partial charge on any atom is -0.467 e. The van der Waals surface area contributed by atoms with Crippen molar-refractivity contribution in [2.24, 2.45) is 0 Å². The zero-order valence-corrected chi connectivity index (χ0v) is 11.8. The van der Waals surface area contributed by atoms with Crippen molar-refractivity contribution in [3.63, 3.8) is 0 Å². The first-order valence-electron chi connectivity index (χ1n) is 6.50. The number of hydrogen-bond acceptors (Lipinski definition) is 4. The Morgan fingerprint density at radius 3 is 3.05 bits per heavy atom. The fourth-order valence-corrected chi connectivity index (χ4v) is 3.40. The van der Waals surface area contributed by atoms with Crippen molar-refractivity contribution in [1.82, 2.24) is 10.2 Å². The normalized spacial score (nSPS) is 24.9. The standard InChI is InChI=1S/C14H15ClN2O3/c1-20-14(19)10-5-8-3-2-4-9(15)13(8)11-6-16-7-12(18)17(10)11/h2-4,10-11,16H,5-7H2,1H3/t10-,11+/m1/s1. The van der Waals surface area contributed by atoms with E-state index in [0.29, 0.717) is 18.0 Å². The lowest BCUT2D eigenvalue weighted by molar-refractivity contribution is -0.157. The SMILES string of the molecule is COC(=O)[C@H]1Cc2cccc(Cl)c2[C@@H]2CNCC(=O)N12. The number of fused-ring (bicyclic) bond motifs is 3. The number of carbonyl (C=O) groups excluding carboxylic acids is 2. The Balaban J connectivity index is 2.10. The third-order valence-electron chi connectivity index (χ3n) is 3.94. The predicted octanol–water partition coefficient (Wildman–Crippen LogP) is 0.911. The average molecular weight is 295 g/mol. The molecule has 0 spiro atoms. The zero-order chi connectivity index (χ0) is 14.3. The molecule has 1 aromatic rings. The Morgan fingerprint density at radius 1 is 1.50 bits per heavy atom. The Bertz CT molecular complexity index is 576. The summed E-state index contributed by atoms with van der Waals surface area (Å²) in [6.45, 7) is 0.833. The number of rotatable bonds is 1. The second-order valence-corrected chi connectivity index (χ2v) is 5.41. The van der Waals surface area contributed by atoms with Crippen LogP contribution in [0.1, 0.15) is 17.2 Å². The monoisotopic (exact) mass is 294 g/mol. The highest BCUT2D eigenvalue weighted by molar-refractivity contribution is 6.31. The number of esters is 1. The fourth-order valence-electron chi connectivity index (χ4n) is 3.08. The molecule has 2 aliphatic rings. The van der Waals surface area contributed by atoms with E-state index in [1.807, 2.05) is 18.2 Å². The van der Waals surface area contributed by atoms with Crippen molar-refractivity contribution in [1.29, 1.82) is 0 Å². The van der Waals surface area contributed by atoms with Gasteiger partial charge in [-0.25, -0.2) is 4.79 Å². The second-order valence-electron chi connectivity index (χ2n) is 5.00. The van der Waals surface area contributed by atoms with Crippen molar-refractivity contribution >= 4 is 23.5 Å². The molecule has 0 radical (unpaired) electrons. The molecule has 0 bridgehead atoms. The van der Waals surface area contributed by atoms with Crippen molar-refractivity contribution < 1.29 is 14.3 Å². The van der Waals surface area contributed by atoms with E-state index in [9.17, 15) is 9.59 Å². The molecular formula is C14H15ClN2O3. The van der Waals surface area contributed by atoms with Gasteiger partial charge in [0.25, 0.3) is 0 Å². The summed E-state index contributed by atoms with van der Waals surface area (Å²) in [4.78, 5) is 25.8. The minimum atomic E-state index is -0.564. The van der Waals surface area contributed by atoms with E-state index in [-0.39, 0.29) is 24.5 Å². The van der Waals surface area contributed by atoms with E-state index in [4.69, 9.17) is 16.3 Å². The van der Waals surface area contributed by atoms with Gasteiger partial charge in [0, 0.05) is 18.0 Å². The summed E-state index contributed by atoms with van der Waals surface area (Å²) in [5, 5.41) is 3.71. The Labute approximate surface area is 121 Å². The predicted molar refractivity (Wildman–Crippen MR) is 73.4 cm³/mol. The molecule has 106 valence electrons. The van der Waals surface area contributed by atoms with Gasteiger partial charge in [0.2, 0.25) is 5.91 Å². The number of nitrogens with zero attached hydrogens (tertiary/aromatic N) is 1. The topological polar surface area (TPSA) is 58.6 Å². The quantitative estimate of drug-likeness (QED) is 0.782. The van der Waals surface area contributed by atoms with Gasteiger partial charge in [0.15, 0.2) is 0 Å². The summed E-state index contributed by atoms with van der Waals surface area (Å²) in [5.74, 6) is -0.474. The van der Waals surface area contributed by atoms with Crippen molar-refractivity contribution in [2.45, 2.75) is 18.5 Å². The molecule has 0 aromatic heterocycles. The molecule has 2 atom stereocenters. The number of benzene rings is 1. The highest BCUT2D eigenvalue weighted by Gasteiger charge is 2.43. The van der Waals surface area contributed by atoms with Crippen LogP contribution in [0.4, 0.5) is 0 Å². The maximum atomic E-state index is 12.2. The van der Waals surface area contributed by atoms with E-state index in [0.717, 1.165) is 11.1 Å². The molecule has 0 unspecified atom stereocenters. The van der Waals surface area contributed by atoms with E-state index in [1.54, 1.807) is 4.90 Å². The summed E-state index contributed by atoms with van der Waals surface area (Å²) < 4.78 is 4.85. The first-order valence-corrected chi connectivity index (χ1v) is 6.88. The maximum absolute atomic E-state index is 12.2. The molecule has 6 heteroatoms. The van der Waals surface area contributed by atoms with Crippen LogP contribution in [0.5, 0.6) is 0 Å². The molecule has 2 aliphatic heterocycles. The molecule has 1 fully saturated rings. The van der Waals surface area contributed by atoms with Crippen LogP contribution < -0.4 is 5.32 Å². The number of halogens is 1. The highest BCUT2D eigenvalue weighted by Crippen LogP contribution is 2.38. The molecule has 3 rings (SSSR count). The van der Waals surface area contributed by atoms with Gasteiger partial charge in [0.05, 0.1) is 19.7 Å². The summed E-state index contributed by atoms with van der Waals surface area (Å²) >= 11 is 6.29. The van der Waals surface area contributed by atoms with Crippen LogP contribution in [0.25, 0.3) is 0 Å². The molecule has 5 nitrogen and oxygen atoms in total. The zero-order valence-electron chi connectivity index (χ0n) is 11.1. The van der Waals surface area contributed by atoms with Crippen molar-refractivity contribution in [3.8, 4) is 0 Å². The molecule has 1 aromatic carbocycles. The molecule has 0 aliphatic carbocycles. The van der Waals surface area contributed by atoms with Gasteiger partial charge in [-0.05, 0) is 17.2 Å². The van der Waals surface area contributed by atoms with Crippen LogP contribution >= 0.6 is 11.6 Å². The van der Waals surface area contributed by atoms with Gasteiger partial charge < -0.3 is 15.0 Å². The number of carbonyl (C=O) groups is 2. The van der Waals surface area contributed by atoms with Crippen molar-refractivity contribution in [3.05, 3.63) is 34.3 Å². The third kappa shape index (κ3) is 1.98. The molecule has 1 amide bonds. The van der Waals surface area contributed by atoms with Gasteiger partial charge in [-0.15, -0.1) is 0 Å². The number of piperazine rings is 1. The lowest BCUT2D eigenvalue weighted by atomic mass is 9.86. The summed E-state index contributed by atoms with van der Waals surface area (Å²) in [7, 11) is 1.34. The number of nitrogens with one attached hydrogen (secondary N) is 1. The Hall–Kier alpha value is -1.59. The number of hydrogen-bond donors (Lipinski definition) is 1. The molecule has 2 heterocycles. The molecule has 20 heavy (non-hydrogen) atoms. The minimum absolute atomic E-state index is 0.0952. The third-order valence-corrected chi connectivity index (χ3v) is 4.27. The highest BCUT2D eigenvalue weighted by atomic mass is 35.5. The van der Waals surface area contributed by atoms with Gasteiger partial charge in [-0.1, -0.05) is 23.7 Å². The second kappa shape index (κ2) is 5.07. The maximum Gasteiger partial charge on any atom is 0.328 e. The van der Waals surface area contributed by atoms with Crippen LogP contribution in [0.3, 0.4) is 0 Å². The van der Waals surface area contributed by atoms with Crippen LogP contribution in [-0.2, 0) is 20.7 Å². The van der Waals surface area contributed by atoms with Gasteiger partial charge in [0.1, 0.15) is 6.04 Å². The van der Waals surface area contributed by atoms with Gasteiger partial charge in [-0.2, -0.15) is 0 Å². The van der Waals surface area contributed by atoms with Crippen LogP contribution in [0.15, 0.2) is 18.2 Å². The van der Waals surface area contributed by atoms with E-state index >= 15 is 0 Å². The number of amides is 1. The average Bonchev–Trinajstić information content (AvgIpc) is 2.45. The lowest BCUT2D eigenvalue weighted by Crippen LogP contribution is -2.59. The number of methoxy groups -OCH3 is 1. The van der Waals surface area contributed by atoms with E-state index < -0.39 is 6.04 Å². The van der Waals surface area contributed by atoms with Crippen LogP contribution in [-0.4, -0.2) is 43.0 Å². The van der Waals surface area contributed by atoms with E-state index in [2.05, 4.69) is 5.32 Å². The first-order chi connectivity index (χ1) is 9.63. The van der Waals surface area contributed by atoms with Gasteiger partial charge in [-0.3, -0.25) is 4.79 Å². The van der Waals surface area contributed by atoms with E-state index in [1.165, 1.54) is 7.11 Å². The first kappa shape index (κ1) is 13.4. The summed E-state index contributed by atoms with van der Waals surface area (Å²) in [5.41, 5.74) is 1.94. The fraction of sp³-hybridized carbons (Fsp3) is 0.429. The Morgan fingerprint density at radius 2 is 2.30 bits per heavy atom. The largest absolute Gasteiger partial charge is 0.467 e.